The zero-order valence-corrected chi connectivity index (χ0v) is 12.2. The fourth-order valence-corrected chi connectivity index (χ4v) is 3.82. The largest absolute Gasteiger partial charge is 0.496 e. The van der Waals surface area contributed by atoms with E-state index in [9.17, 15) is 0 Å². The third kappa shape index (κ3) is 3.26. The van der Waals surface area contributed by atoms with E-state index in [1.807, 2.05) is 30.3 Å². The summed E-state index contributed by atoms with van der Waals surface area (Å²) in [5.74, 6) is 0.853. The van der Waals surface area contributed by atoms with Crippen molar-refractivity contribution in [2.75, 3.05) is 12.0 Å². The minimum absolute atomic E-state index is 0.685. The van der Waals surface area contributed by atoms with E-state index in [1.165, 1.54) is 5.19 Å². The van der Waals surface area contributed by atoms with Gasteiger partial charge in [0.1, 0.15) is 13.8 Å². The number of hydrogen-bond acceptors (Lipinski definition) is 2. The molecule has 0 aliphatic heterocycles. The Morgan fingerprint density at radius 1 is 1.11 bits per heavy atom. The van der Waals surface area contributed by atoms with Crippen LogP contribution in [0.4, 0.5) is 5.69 Å². The van der Waals surface area contributed by atoms with E-state index < -0.39 is 8.07 Å². The molecule has 0 amide bonds. The van der Waals surface area contributed by atoms with Crippen molar-refractivity contribution in [1.82, 2.24) is 0 Å². The van der Waals surface area contributed by atoms with Crippen LogP contribution in [0.1, 0.15) is 0 Å². The second-order valence-corrected chi connectivity index (χ2v) is 8.95. The van der Waals surface area contributed by atoms with Gasteiger partial charge in [0.2, 0.25) is 0 Å². The minimum atomic E-state index is -1.79. The highest BCUT2D eigenvalue weighted by Crippen LogP contribution is 2.15. The monoisotopic (exact) mass is 269 g/mol. The summed E-state index contributed by atoms with van der Waals surface area (Å²) >= 11 is 0. The van der Waals surface area contributed by atoms with Crippen molar-refractivity contribution in [3.05, 3.63) is 66.9 Å². The van der Waals surface area contributed by atoms with Gasteiger partial charge in [-0.2, -0.15) is 0 Å². The molecule has 98 valence electrons. The number of nitrogen functional groups attached to an aromatic ring is 1. The first-order chi connectivity index (χ1) is 9.14. The zero-order chi connectivity index (χ0) is 13.7. The van der Waals surface area contributed by atoms with Gasteiger partial charge < -0.3 is 10.5 Å². The molecule has 2 aromatic rings. The van der Waals surface area contributed by atoms with Gasteiger partial charge in [-0.1, -0.05) is 47.8 Å². The van der Waals surface area contributed by atoms with Gasteiger partial charge in [0.15, 0.2) is 0 Å². The molecule has 0 aliphatic carbocycles. The van der Waals surface area contributed by atoms with E-state index >= 15 is 0 Å². The van der Waals surface area contributed by atoms with Crippen LogP contribution in [0.15, 0.2) is 66.9 Å². The number of rotatable bonds is 5. The van der Waals surface area contributed by atoms with Gasteiger partial charge in [-0.25, -0.2) is 0 Å². The molecule has 0 heterocycles. The van der Waals surface area contributed by atoms with Crippen molar-refractivity contribution in [1.29, 1.82) is 0 Å². The van der Waals surface area contributed by atoms with Crippen molar-refractivity contribution in [3.63, 3.8) is 0 Å². The Bertz CT molecular complexity index is 538. The molecule has 0 spiro atoms. The molecule has 0 bridgehead atoms. The van der Waals surface area contributed by atoms with Crippen LogP contribution >= 0.6 is 0 Å². The first kappa shape index (κ1) is 13.4. The van der Waals surface area contributed by atoms with Crippen LogP contribution in [0.25, 0.3) is 0 Å². The molecule has 2 aromatic carbocycles. The zero-order valence-electron chi connectivity index (χ0n) is 11.2. The van der Waals surface area contributed by atoms with Crippen molar-refractivity contribution in [3.8, 4) is 5.75 Å². The number of nitrogens with two attached hydrogens (primary N) is 1. The Hall–Kier alpha value is -2.00. The molecule has 0 saturated carbocycles. The maximum atomic E-state index is 5.91. The van der Waals surface area contributed by atoms with Crippen molar-refractivity contribution < 1.29 is 4.74 Å². The van der Waals surface area contributed by atoms with Crippen molar-refractivity contribution in [2.45, 2.75) is 6.55 Å². The summed E-state index contributed by atoms with van der Waals surface area (Å²) in [6.45, 7) is 6.25. The molecule has 19 heavy (non-hydrogen) atoms. The second-order valence-electron chi connectivity index (χ2n) is 4.85. The Kier molecular flexibility index (Phi) is 4.07. The lowest BCUT2D eigenvalue weighted by molar-refractivity contribution is 0.380. The van der Waals surface area contributed by atoms with E-state index in [2.05, 4.69) is 43.1 Å². The summed E-state index contributed by atoms with van der Waals surface area (Å²) in [6, 6.07) is 18.0. The Morgan fingerprint density at radius 2 is 1.74 bits per heavy atom. The quantitative estimate of drug-likeness (QED) is 0.669. The summed E-state index contributed by atoms with van der Waals surface area (Å²) in [5, 5.41) is 1.33. The van der Waals surface area contributed by atoms with E-state index in [1.54, 1.807) is 0 Å². The van der Waals surface area contributed by atoms with E-state index in [0.717, 1.165) is 11.4 Å². The SMILES string of the molecule is C=C[Si](C)(COc1ccc(N)cc1)c1ccccc1. The predicted octanol–water partition coefficient (Wildman–Crippen LogP) is 2.90. The summed E-state index contributed by atoms with van der Waals surface area (Å²) in [7, 11) is -1.79. The Morgan fingerprint density at radius 3 is 2.32 bits per heavy atom. The van der Waals surface area contributed by atoms with Gasteiger partial charge in [-0.15, -0.1) is 6.58 Å². The average molecular weight is 269 g/mol. The van der Waals surface area contributed by atoms with E-state index in [4.69, 9.17) is 10.5 Å². The fourth-order valence-electron chi connectivity index (χ4n) is 1.88. The highest BCUT2D eigenvalue weighted by atomic mass is 28.3. The molecule has 2 nitrogen and oxygen atoms in total. The van der Waals surface area contributed by atoms with Gasteiger partial charge in [-0.05, 0) is 24.3 Å². The molecule has 0 aliphatic rings. The molecular weight excluding hydrogens is 250 g/mol. The van der Waals surface area contributed by atoms with Crippen molar-refractivity contribution in [2.24, 2.45) is 0 Å². The lowest BCUT2D eigenvalue weighted by Gasteiger charge is -2.24. The molecule has 0 saturated heterocycles. The highest BCUT2D eigenvalue weighted by molar-refractivity contribution is 6.94. The van der Waals surface area contributed by atoms with Crippen LogP contribution in [-0.2, 0) is 0 Å². The van der Waals surface area contributed by atoms with Crippen LogP contribution < -0.4 is 15.7 Å². The first-order valence-corrected chi connectivity index (χ1v) is 9.10. The van der Waals surface area contributed by atoms with Crippen LogP contribution in [0.5, 0.6) is 5.75 Å². The average Bonchev–Trinajstić information content (AvgIpc) is 2.47. The summed E-state index contributed by atoms with van der Waals surface area (Å²) in [4.78, 5) is 0. The number of anilines is 1. The maximum absolute atomic E-state index is 5.91. The first-order valence-electron chi connectivity index (χ1n) is 6.31. The van der Waals surface area contributed by atoms with E-state index in [0.29, 0.717) is 6.23 Å². The van der Waals surface area contributed by atoms with Crippen LogP contribution in [0.3, 0.4) is 0 Å². The van der Waals surface area contributed by atoms with Crippen LogP contribution in [0, 0.1) is 0 Å². The van der Waals surface area contributed by atoms with Crippen LogP contribution in [-0.4, -0.2) is 14.3 Å². The summed E-state index contributed by atoms with van der Waals surface area (Å²) in [6.07, 6.45) is 0.685. The molecular formula is C16H19NOSi. The highest BCUT2D eigenvalue weighted by Gasteiger charge is 2.26. The number of benzene rings is 2. The molecule has 0 radical (unpaired) electrons. The molecule has 0 fully saturated rings. The minimum Gasteiger partial charge on any atom is -0.496 e. The van der Waals surface area contributed by atoms with Crippen LogP contribution in [0.2, 0.25) is 6.55 Å². The number of hydrogen-bond donors (Lipinski definition) is 1. The summed E-state index contributed by atoms with van der Waals surface area (Å²) < 4.78 is 5.91. The molecule has 2 rings (SSSR count). The van der Waals surface area contributed by atoms with Gasteiger partial charge in [0.25, 0.3) is 0 Å². The number of ether oxygens (including phenoxy) is 1. The Balaban J connectivity index is 2.11. The van der Waals surface area contributed by atoms with Gasteiger partial charge >= 0.3 is 0 Å². The second kappa shape index (κ2) is 5.76. The standard InChI is InChI=1S/C16H19NOSi/c1-3-19(2,16-7-5-4-6-8-16)13-18-15-11-9-14(17)10-12-15/h3-12H,1,13,17H2,2H3. The van der Waals surface area contributed by atoms with Gasteiger partial charge in [0, 0.05) is 5.69 Å². The fraction of sp³-hybridized carbons (Fsp3) is 0.125. The third-order valence-electron chi connectivity index (χ3n) is 3.30. The van der Waals surface area contributed by atoms with Gasteiger partial charge in [-0.3, -0.25) is 0 Å². The maximum Gasteiger partial charge on any atom is 0.148 e. The third-order valence-corrected chi connectivity index (χ3v) is 6.60. The topological polar surface area (TPSA) is 35.2 Å². The Labute approximate surface area is 115 Å². The molecule has 1 unspecified atom stereocenters. The molecule has 2 N–H and O–H groups in total. The van der Waals surface area contributed by atoms with Gasteiger partial charge in [0.05, 0.1) is 6.23 Å². The van der Waals surface area contributed by atoms with E-state index in [-0.39, 0.29) is 0 Å². The predicted molar refractivity (Wildman–Crippen MR) is 84.2 cm³/mol. The molecule has 1 atom stereocenters. The molecule has 3 heteroatoms. The summed E-state index contributed by atoms with van der Waals surface area (Å²) in [5.41, 5.74) is 8.48. The normalized spacial score (nSPS) is 13.5. The smallest absolute Gasteiger partial charge is 0.148 e. The molecule has 0 aromatic heterocycles. The van der Waals surface area contributed by atoms with Crippen molar-refractivity contribution >= 4 is 18.9 Å². The lowest BCUT2D eigenvalue weighted by Crippen LogP contribution is -2.48. The lowest BCUT2D eigenvalue weighted by atomic mass is 10.3.